The number of ether oxygens (including phenoxy) is 1. The average Bonchev–Trinajstić information content (AvgIpc) is 2.49. The Bertz CT molecular complexity index is 578. The van der Waals surface area contributed by atoms with Crippen molar-refractivity contribution in [2.75, 3.05) is 6.61 Å². The van der Waals surface area contributed by atoms with Gasteiger partial charge in [-0.3, -0.25) is 0 Å². The second kappa shape index (κ2) is 7.15. The molecule has 3 N–H and O–H groups in total. The number of rotatable bonds is 6. The van der Waals surface area contributed by atoms with Crippen molar-refractivity contribution < 1.29 is 18.6 Å². The van der Waals surface area contributed by atoms with Crippen LogP contribution in [0.1, 0.15) is 5.56 Å². The molecule has 0 saturated heterocycles. The molecule has 2 rings (SSSR count). The summed E-state index contributed by atoms with van der Waals surface area (Å²) in [5.41, 5.74) is 6.87. The Kier molecular flexibility index (Phi) is 5.25. The third-order valence-electron chi connectivity index (χ3n) is 3.13. The number of nitrogens with two attached hydrogens (primary N) is 1. The summed E-state index contributed by atoms with van der Waals surface area (Å²) >= 11 is 0. The van der Waals surface area contributed by atoms with E-state index in [2.05, 4.69) is 0 Å². The molecule has 0 aromatic heterocycles. The summed E-state index contributed by atoms with van der Waals surface area (Å²) in [7, 11) is 0. The fraction of sp³-hybridized carbons (Fsp3) is 0.250. The van der Waals surface area contributed by atoms with Crippen LogP contribution in [0.15, 0.2) is 48.5 Å². The smallest absolute Gasteiger partial charge is 0.200 e. The first-order chi connectivity index (χ1) is 10.1. The van der Waals surface area contributed by atoms with Crippen LogP contribution in [0.4, 0.5) is 8.78 Å². The van der Waals surface area contributed by atoms with Crippen LogP contribution in [-0.2, 0) is 6.42 Å². The van der Waals surface area contributed by atoms with E-state index in [0.717, 1.165) is 11.6 Å². The molecule has 2 atom stereocenters. The van der Waals surface area contributed by atoms with Gasteiger partial charge in [-0.2, -0.15) is 4.39 Å². The van der Waals surface area contributed by atoms with Crippen LogP contribution < -0.4 is 10.5 Å². The van der Waals surface area contributed by atoms with Crippen LogP contribution in [0.5, 0.6) is 5.75 Å². The molecule has 0 aliphatic heterocycles. The van der Waals surface area contributed by atoms with E-state index in [9.17, 15) is 13.9 Å². The highest BCUT2D eigenvalue weighted by Crippen LogP contribution is 2.19. The first-order valence-corrected chi connectivity index (χ1v) is 6.62. The molecule has 0 fully saturated rings. The number of hydrogen-bond acceptors (Lipinski definition) is 3. The Labute approximate surface area is 122 Å². The van der Waals surface area contributed by atoms with E-state index >= 15 is 0 Å². The van der Waals surface area contributed by atoms with Gasteiger partial charge in [-0.15, -0.1) is 0 Å². The van der Waals surface area contributed by atoms with E-state index in [1.165, 1.54) is 12.1 Å². The van der Waals surface area contributed by atoms with Crippen LogP contribution in [-0.4, -0.2) is 23.9 Å². The standard InChI is InChI=1S/C16H17F2NO2/c17-12-7-4-8-15(16(12)18)21-10-14(20)13(19)9-11-5-2-1-3-6-11/h1-8,13-14,20H,9-10,19H2. The van der Waals surface area contributed by atoms with Gasteiger partial charge in [0.1, 0.15) is 12.7 Å². The highest BCUT2D eigenvalue weighted by molar-refractivity contribution is 5.25. The Hall–Kier alpha value is -1.98. The minimum absolute atomic E-state index is 0.200. The number of benzene rings is 2. The summed E-state index contributed by atoms with van der Waals surface area (Å²) < 4.78 is 31.5. The highest BCUT2D eigenvalue weighted by Gasteiger charge is 2.17. The molecule has 0 spiro atoms. The van der Waals surface area contributed by atoms with Gasteiger partial charge in [-0.1, -0.05) is 36.4 Å². The molecule has 5 heteroatoms. The van der Waals surface area contributed by atoms with Gasteiger partial charge < -0.3 is 15.6 Å². The van der Waals surface area contributed by atoms with Crippen molar-refractivity contribution in [2.45, 2.75) is 18.6 Å². The van der Waals surface area contributed by atoms with Crippen molar-refractivity contribution >= 4 is 0 Å². The van der Waals surface area contributed by atoms with Crippen molar-refractivity contribution in [3.05, 3.63) is 65.7 Å². The molecular formula is C16H17F2NO2. The Morgan fingerprint density at radius 3 is 2.48 bits per heavy atom. The Morgan fingerprint density at radius 1 is 1.05 bits per heavy atom. The quantitative estimate of drug-likeness (QED) is 0.859. The number of aliphatic hydroxyl groups excluding tert-OH is 1. The maximum atomic E-state index is 13.4. The molecule has 21 heavy (non-hydrogen) atoms. The Balaban J connectivity index is 1.89. The lowest BCUT2D eigenvalue weighted by atomic mass is 10.0. The highest BCUT2D eigenvalue weighted by atomic mass is 19.2. The summed E-state index contributed by atoms with van der Waals surface area (Å²) in [6.45, 7) is -0.200. The molecule has 0 aliphatic rings. The summed E-state index contributed by atoms with van der Waals surface area (Å²) in [6, 6.07) is 12.5. The summed E-state index contributed by atoms with van der Waals surface area (Å²) in [4.78, 5) is 0. The van der Waals surface area contributed by atoms with Crippen LogP contribution in [0, 0.1) is 11.6 Å². The number of aliphatic hydroxyl groups is 1. The van der Waals surface area contributed by atoms with Gasteiger partial charge in [0.2, 0.25) is 5.82 Å². The normalized spacial score (nSPS) is 13.7. The van der Waals surface area contributed by atoms with E-state index in [4.69, 9.17) is 10.5 Å². The first-order valence-electron chi connectivity index (χ1n) is 6.62. The van der Waals surface area contributed by atoms with E-state index in [1.54, 1.807) is 0 Å². The fourth-order valence-electron chi connectivity index (χ4n) is 1.92. The maximum absolute atomic E-state index is 13.4. The lowest BCUT2D eigenvalue weighted by Crippen LogP contribution is -2.40. The van der Waals surface area contributed by atoms with Crippen molar-refractivity contribution in [3.8, 4) is 5.75 Å². The van der Waals surface area contributed by atoms with E-state index < -0.39 is 23.8 Å². The summed E-state index contributed by atoms with van der Waals surface area (Å²) in [6.07, 6.45) is -0.510. The van der Waals surface area contributed by atoms with Gasteiger partial charge in [-0.05, 0) is 24.1 Å². The van der Waals surface area contributed by atoms with E-state index in [1.807, 2.05) is 30.3 Å². The maximum Gasteiger partial charge on any atom is 0.200 e. The van der Waals surface area contributed by atoms with Crippen LogP contribution in [0.3, 0.4) is 0 Å². The third kappa shape index (κ3) is 4.24. The lowest BCUT2D eigenvalue weighted by molar-refractivity contribution is 0.0829. The van der Waals surface area contributed by atoms with Gasteiger partial charge >= 0.3 is 0 Å². The van der Waals surface area contributed by atoms with E-state index in [0.29, 0.717) is 6.42 Å². The molecule has 0 heterocycles. The predicted molar refractivity (Wildman–Crippen MR) is 76.0 cm³/mol. The van der Waals surface area contributed by atoms with Crippen molar-refractivity contribution in [1.82, 2.24) is 0 Å². The van der Waals surface area contributed by atoms with Gasteiger partial charge in [0, 0.05) is 6.04 Å². The molecular weight excluding hydrogens is 276 g/mol. The summed E-state index contributed by atoms with van der Waals surface area (Å²) in [5.74, 6) is -2.29. The minimum Gasteiger partial charge on any atom is -0.488 e. The zero-order chi connectivity index (χ0) is 15.2. The van der Waals surface area contributed by atoms with Crippen molar-refractivity contribution in [3.63, 3.8) is 0 Å². The third-order valence-corrected chi connectivity index (χ3v) is 3.13. The number of halogens is 2. The molecule has 2 aromatic rings. The molecule has 0 amide bonds. The lowest BCUT2D eigenvalue weighted by Gasteiger charge is -2.19. The zero-order valence-electron chi connectivity index (χ0n) is 11.4. The zero-order valence-corrected chi connectivity index (χ0v) is 11.4. The predicted octanol–water partition coefficient (Wildman–Crippen LogP) is 2.27. The second-order valence-electron chi connectivity index (χ2n) is 4.78. The number of hydrogen-bond donors (Lipinski definition) is 2. The first kappa shape index (κ1) is 15.4. The second-order valence-corrected chi connectivity index (χ2v) is 4.78. The van der Waals surface area contributed by atoms with Gasteiger partial charge in [0.25, 0.3) is 0 Å². The SMILES string of the molecule is NC(Cc1ccccc1)C(O)COc1cccc(F)c1F. The molecule has 2 unspecified atom stereocenters. The van der Waals surface area contributed by atoms with E-state index in [-0.39, 0.29) is 12.4 Å². The molecule has 0 radical (unpaired) electrons. The van der Waals surface area contributed by atoms with Crippen molar-refractivity contribution in [1.29, 1.82) is 0 Å². The Morgan fingerprint density at radius 2 is 1.76 bits per heavy atom. The summed E-state index contributed by atoms with van der Waals surface area (Å²) in [5, 5.41) is 9.93. The largest absolute Gasteiger partial charge is 0.488 e. The van der Waals surface area contributed by atoms with Crippen molar-refractivity contribution in [2.24, 2.45) is 5.73 Å². The van der Waals surface area contributed by atoms with Crippen LogP contribution in [0.25, 0.3) is 0 Å². The molecule has 0 bridgehead atoms. The van der Waals surface area contributed by atoms with Crippen LogP contribution in [0.2, 0.25) is 0 Å². The van der Waals surface area contributed by atoms with Crippen LogP contribution >= 0.6 is 0 Å². The molecule has 3 nitrogen and oxygen atoms in total. The fourth-order valence-corrected chi connectivity index (χ4v) is 1.92. The van der Waals surface area contributed by atoms with Gasteiger partial charge in [0.05, 0.1) is 0 Å². The molecule has 0 saturated carbocycles. The average molecular weight is 293 g/mol. The minimum atomic E-state index is -1.07. The van der Waals surface area contributed by atoms with Gasteiger partial charge in [-0.25, -0.2) is 4.39 Å². The molecule has 0 aliphatic carbocycles. The topological polar surface area (TPSA) is 55.5 Å². The molecule has 2 aromatic carbocycles. The van der Waals surface area contributed by atoms with Gasteiger partial charge in [0.15, 0.2) is 11.6 Å². The monoisotopic (exact) mass is 293 g/mol. The molecule has 112 valence electrons.